The van der Waals surface area contributed by atoms with E-state index in [1.165, 1.54) is 11.3 Å². The molecule has 2 aromatic carbocycles. The summed E-state index contributed by atoms with van der Waals surface area (Å²) in [6.07, 6.45) is 1.71. The molecule has 1 aliphatic rings. The van der Waals surface area contributed by atoms with Gasteiger partial charge in [-0.05, 0) is 55.8 Å². The van der Waals surface area contributed by atoms with E-state index < -0.39 is 12.0 Å². The van der Waals surface area contributed by atoms with Crippen LogP contribution < -0.4 is 19.6 Å². The van der Waals surface area contributed by atoms with E-state index in [-0.39, 0.29) is 12.2 Å². The predicted octanol–water partition coefficient (Wildman–Crippen LogP) is 4.83. The Kier molecular flexibility index (Phi) is 6.99. The summed E-state index contributed by atoms with van der Waals surface area (Å²) in [7, 11) is 1.59. The Morgan fingerprint density at radius 1 is 1.19 bits per heavy atom. The van der Waals surface area contributed by atoms with Crippen molar-refractivity contribution in [2.75, 3.05) is 13.7 Å². The molecule has 0 N–H and O–H groups in total. The lowest BCUT2D eigenvalue weighted by Gasteiger charge is -2.24. The molecule has 0 bridgehead atoms. The van der Waals surface area contributed by atoms with Gasteiger partial charge in [0.2, 0.25) is 0 Å². The van der Waals surface area contributed by atoms with Gasteiger partial charge in [-0.1, -0.05) is 51.5 Å². The van der Waals surface area contributed by atoms with Crippen LogP contribution in [0.2, 0.25) is 0 Å². The van der Waals surface area contributed by atoms with Crippen molar-refractivity contribution < 1.29 is 18.7 Å². The van der Waals surface area contributed by atoms with E-state index in [1.54, 1.807) is 43.7 Å². The van der Waals surface area contributed by atoms with Crippen LogP contribution in [0.5, 0.6) is 5.75 Å². The smallest absolute Gasteiger partial charge is 0.338 e. The van der Waals surface area contributed by atoms with Crippen molar-refractivity contribution in [3.05, 3.63) is 107 Å². The summed E-state index contributed by atoms with van der Waals surface area (Å²) in [5.74, 6) is 1.41. The lowest BCUT2D eigenvalue weighted by atomic mass is 9.96. The zero-order valence-corrected chi connectivity index (χ0v) is 22.8. The quantitative estimate of drug-likeness (QED) is 0.306. The second-order valence-corrected chi connectivity index (χ2v) is 10.2. The van der Waals surface area contributed by atoms with E-state index in [1.807, 2.05) is 48.5 Å². The first kappa shape index (κ1) is 25.0. The van der Waals surface area contributed by atoms with E-state index in [9.17, 15) is 9.59 Å². The first-order chi connectivity index (χ1) is 17.9. The Balaban J connectivity index is 1.63. The number of allylic oxidation sites excluding steroid dienone is 1. The molecule has 2 aromatic heterocycles. The highest BCUT2D eigenvalue weighted by Crippen LogP contribution is 2.31. The number of ether oxygens (including phenoxy) is 2. The normalized spacial score (nSPS) is 15.4. The number of furan rings is 1. The lowest BCUT2D eigenvalue weighted by molar-refractivity contribution is -0.139. The van der Waals surface area contributed by atoms with Crippen molar-refractivity contribution in [2.24, 2.45) is 4.99 Å². The molecular weight excluding hydrogens is 556 g/mol. The average molecular weight is 579 g/mol. The number of benzene rings is 2. The van der Waals surface area contributed by atoms with Crippen LogP contribution in [0, 0.1) is 0 Å². The van der Waals surface area contributed by atoms with Gasteiger partial charge < -0.3 is 13.9 Å². The van der Waals surface area contributed by atoms with Crippen molar-refractivity contribution in [1.82, 2.24) is 4.57 Å². The van der Waals surface area contributed by atoms with Gasteiger partial charge in [0.15, 0.2) is 4.80 Å². The van der Waals surface area contributed by atoms with Gasteiger partial charge in [0.05, 0.1) is 35.6 Å². The topological polar surface area (TPSA) is 83.0 Å². The molecule has 0 aliphatic carbocycles. The molecule has 0 saturated heterocycles. The summed E-state index contributed by atoms with van der Waals surface area (Å²) in [6.45, 7) is 3.72. The number of carbonyl (C=O) groups is 1. The lowest BCUT2D eigenvalue weighted by Crippen LogP contribution is -2.39. The Labute approximate surface area is 225 Å². The number of thiazole rings is 1. The van der Waals surface area contributed by atoms with Gasteiger partial charge in [-0.25, -0.2) is 9.79 Å². The number of fused-ring (bicyclic) bond motifs is 1. The molecule has 1 atom stereocenters. The number of aromatic nitrogens is 1. The summed E-state index contributed by atoms with van der Waals surface area (Å²) >= 11 is 4.73. The molecule has 5 rings (SSSR count). The fraction of sp³-hybridized carbons (Fsp3) is 0.179. The molecular formula is C28H23BrN2O5S. The summed E-state index contributed by atoms with van der Waals surface area (Å²) in [4.78, 5) is 31.8. The molecule has 9 heteroatoms. The van der Waals surface area contributed by atoms with Crippen molar-refractivity contribution in [3.63, 3.8) is 0 Å². The Bertz CT molecular complexity index is 1700. The monoisotopic (exact) mass is 578 g/mol. The second kappa shape index (κ2) is 10.4. The first-order valence-electron chi connectivity index (χ1n) is 11.6. The van der Waals surface area contributed by atoms with Crippen molar-refractivity contribution in [3.8, 4) is 17.1 Å². The molecule has 0 radical (unpaired) electrons. The van der Waals surface area contributed by atoms with Gasteiger partial charge in [-0.15, -0.1) is 0 Å². The van der Waals surface area contributed by atoms with Gasteiger partial charge in [-0.2, -0.15) is 0 Å². The maximum atomic E-state index is 13.7. The number of nitrogens with zero attached hydrogens (tertiary/aromatic N) is 2. The largest absolute Gasteiger partial charge is 0.497 e. The third-order valence-electron chi connectivity index (χ3n) is 5.96. The summed E-state index contributed by atoms with van der Waals surface area (Å²) in [5.41, 5.74) is 2.26. The van der Waals surface area contributed by atoms with Crippen molar-refractivity contribution in [1.29, 1.82) is 0 Å². The Morgan fingerprint density at radius 3 is 2.68 bits per heavy atom. The molecule has 0 fully saturated rings. The fourth-order valence-electron chi connectivity index (χ4n) is 4.25. The van der Waals surface area contributed by atoms with E-state index in [2.05, 4.69) is 20.9 Å². The number of carbonyl (C=O) groups excluding carboxylic acids is 1. The summed E-state index contributed by atoms with van der Waals surface area (Å²) in [5, 5.41) is 0. The standard InChI is InChI=1S/C28H23BrN2O5S/c1-4-35-27(33)24-16(2)30-28-31(25(24)17-8-10-20(34-3)11-9-17)26(32)23(37-28)15-21-12-13-22(36-21)18-6-5-7-19(29)14-18/h5-15,25H,4H2,1-3H3. The molecule has 7 nitrogen and oxygen atoms in total. The van der Waals surface area contributed by atoms with Gasteiger partial charge in [0, 0.05) is 16.1 Å². The highest BCUT2D eigenvalue weighted by atomic mass is 79.9. The van der Waals surface area contributed by atoms with E-state index in [4.69, 9.17) is 13.9 Å². The molecule has 4 aromatic rings. The Hall–Kier alpha value is -3.69. The number of rotatable bonds is 6. The molecule has 0 amide bonds. The molecule has 1 unspecified atom stereocenters. The van der Waals surface area contributed by atoms with E-state index >= 15 is 0 Å². The van der Waals surface area contributed by atoms with Gasteiger partial charge in [-0.3, -0.25) is 9.36 Å². The molecule has 37 heavy (non-hydrogen) atoms. The van der Waals surface area contributed by atoms with Gasteiger partial charge in [0.25, 0.3) is 5.56 Å². The SMILES string of the molecule is CCOC(=O)C1=C(C)N=c2sc(=Cc3ccc(-c4cccc(Br)c4)o3)c(=O)n2C1c1ccc(OC)cc1. The van der Waals surface area contributed by atoms with E-state index in [0.29, 0.717) is 37.9 Å². The average Bonchev–Trinajstić information content (AvgIpc) is 3.48. The minimum Gasteiger partial charge on any atom is -0.497 e. The number of esters is 1. The molecule has 1 aliphatic heterocycles. The van der Waals surface area contributed by atoms with Crippen LogP contribution in [-0.4, -0.2) is 24.3 Å². The number of hydrogen-bond acceptors (Lipinski definition) is 7. The van der Waals surface area contributed by atoms with Gasteiger partial charge in [0.1, 0.15) is 17.3 Å². The minimum atomic E-state index is -0.683. The highest BCUT2D eigenvalue weighted by molar-refractivity contribution is 9.10. The molecule has 188 valence electrons. The number of hydrogen-bond donors (Lipinski definition) is 0. The number of halogens is 1. The number of methoxy groups -OCH3 is 1. The maximum absolute atomic E-state index is 13.7. The van der Waals surface area contributed by atoms with Gasteiger partial charge >= 0.3 is 5.97 Å². The van der Waals surface area contributed by atoms with Crippen LogP contribution in [0.15, 0.2) is 90.6 Å². The third-order valence-corrected chi connectivity index (χ3v) is 7.43. The second-order valence-electron chi connectivity index (χ2n) is 8.29. The summed E-state index contributed by atoms with van der Waals surface area (Å²) in [6, 6.07) is 18.1. The Morgan fingerprint density at radius 2 is 1.97 bits per heavy atom. The van der Waals surface area contributed by atoms with Crippen molar-refractivity contribution in [2.45, 2.75) is 19.9 Å². The van der Waals surface area contributed by atoms with Crippen LogP contribution >= 0.6 is 27.3 Å². The predicted molar refractivity (Wildman–Crippen MR) is 145 cm³/mol. The fourth-order valence-corrected chi connectivity index (χ4v) is 5.68. The third kappa shape index (κ3) is 4.84. The molecule has 0 saturated carbocycles. The van der Waals surface area contributed by atoms with Crippen LogP contribution in [0.4, 0.5) is 0 Å². The van der Waals surface area contributed by atoms with Crippen LogP contribution in [0.3, 0.4) is 0 Å². The zero-order chi connectivity index (χ0) is 26.1. The minimum absolute atomic E-state index is 0.216. The zero-order valence-electron chi connectivity index (χ0n) is 20.4. The van der Waals surface area contributed by atoms with Crippen LogP contribution in [0.25, 0.3) is 17.4 Å². The molecule has 0 spiro atoms. The first-order valence-corrected chi connectivity index (χ1v) is 13.2. The molecule has 3 heterocycles. The van der Waals surface area contributed by atoms with E-state index in [0.717, 1.165) is 15.6 Å². The van der Waals surface area contributed by atoms with Crippen LogP contribution in [-0.2, 0) is 9.53 Å². The highest BCUT2D eigenvalue weighted by Gasteiger charge is 2.33. The van der Waals surface area contributed by atoms with Crippen molar-refractivity contribution >= 4 is 39.3 Å². The summed E-state index contributed by atoms with van der Waals surface area (Å²) < 4.78 is 19.6. The van der Waals surface area contributed by atoms with Crippen LogP contribution in [0.1, 0.15) is 31.2 Å². The maximum Gasteiger partial charge on any atom is 0.338 e.